The van der Waals surface area contributed by atoms with Crippen molar-refractivity contribution in [3.63, 3.8) is 0 Å². The van der Waals surface area contributed by atoms with Crippen molar-refractivity contribution in [1.29, 1.82) is 0 Å². The van der Waals surface area contributed by atoms with E-state index in [-0.39, 0.29) is 11.9 Å². The number of rotatable bonds is 3. The summed E-state index contributed by atoms with van der Waals surface area (Å²) in [4.78, 5) is 11.2. The molecule has 5 heteroatoms. The molecule has 4 nitrogen and oxygen atoms in total. The smallest absolute Gasteiger partial charge is 0.256 e. The van der Waals surface area contributed by atoms with E-state index in [1.165, 1.54) is 0 Å². The average Bonchev–Trinajstić information content (AvgIpc) is 2.20. The third-order valence-electron chi connectivity index (χ3n) is 2.10. The quantitative estimate of drug-likeness (QED) is 0.416. The maximum absolute atomic E-state index is 11.2. The van der Waals surface area contributed by atoms with Gasteiger partial charge in [-0.15, -0.1) is 0 Å². The molecule has 1 atom stereocenters. The zero-order chi connectivity index (χ0) is 11.4. The number of benzene rings is 1. The number of nitrogens with one attached hydrogen (secondary N) is 2. The third kappa shape index (κ3) is 3.11. The maximum atomic E-state index is 11.2. The summed E-state index contributed by atoms with van der Waals surface area (Å²) in [6.45, 7) is 3.65. The standard InChI is InChI=1S/C10H14ClN3O/c1-6-5-8(11)3-4-9(6)13-7(2)10(15)14-12/h3-5,7,13H,12H2,1-2H3,(H,14,15)/t7-/m0/s1. The number of hydrogen-bond acceptors (Lipinski definition) is 3. The van der Waals surface area contributed by atoms with Gasteiger partial charge in [0.2, 0.25) is 0 Å². The topological polar surface area (TPSA) is 67.2 Å². The van der Waals surface area contributed by atoms with Gasteiger partial charge < -0.3 is 5.32 Å². The molecular formula is C10H14ClN3O. The van der Waals surface area contributed by atoms with Gasteiger partial charge in [-0.05, 0) is 37.6 Å². The van der Waals surface area contributed by atoms with Gasteiger partial charge in [0, 0.05) is 10.7 Å². The van der Waals surface area contributed by atoms with E-state index in [0.29, 0.717) is 5.02 Å². The third-order valence-corrected chi connectivity index (χ3v) is 2.33. The van der Waals surface area contributed by atoms with Crippen LogP contribution in [0.5, 0.6) is 0 Å². The van der Waals surface area contributed by atoms with Gasteiger partial charge in [-0.2, -0.15) is 0 Å². The monoisotopic (exact) mass is 227 g/mol. The molecule has 0 aliphatic carbocycles. The number of hydrazine groups is 1. The molecule has 0 saturated carbocycles. The van der Waals surface area contributed by atoms with E-state index in [1.54, 1.807) is 13.0 Å². The largest absolute Gasteiger partial charge is 0.374 e. The van der Waals surface area contributed by atoms with Crippen molar-refractivity contribution in [2.45, 2.75) is 19.9 Å². The van der Waals surface area contributed by atoms with Crippen LogP contribution in [0.3, 0.4) is 0 Å². The van der Waals surface area contributed by atoms with E-state index >= 15 is 0 Å². The minimum Gasteiger partial charge on any atom is -0.374 e. The molecule has 0 unspecified atom stereocenters. The zero-order valence-electron chi connectivity index (χ0n) is 8.67. The number of aryl methyl sites for hydroxylation is 1. The van der Waals surface area contributed by atoms with Crippen molar-refractivity contribution < 1.29 is 4.79 Å². The predicted octanol–water partition coefficient (Wildman–Crippen LogP) is 1.44. The van der Waals surface area contributed by atoms with Crippen LogP contribution in [0.15, 0.2) is 18.2 Å². The molecule has 0 aromatic heterocycles. The van der Waals surface area contributed by atoms with Gasteiger partial charge in [0.25, 0.3) is 5.91 Å². The van der Waals surface area contributed by atoms with E-state index < -0.39 is 0 Å². The molecule has 0 spiro atoms. The molecule has 4 N–H and O–H groups in total. The normalized spacial score (nSPS) is 12.0. The molecule has 0 aliphatic heterocycles. The molecule has 0 bridgehead atoms. The Morgan fingerprint density at radius 2 is 2.20 bits per heavy atom. The Bertz CT molecular complexity index is 368. The molecule has 0 aliphatic rings. The minimum atomic E-state index is -0.380. The van der Waals surface area contributed by atoms with Crippen molar-refractivity contribution in [2.24, 2.45) is 5.84 Å². The predicted molar refractivity (Wildman–Crippen MR) is 61.6 cm³/mol. The summed E-state index contributed by atoms with van der Waals surface area (Å²) >= 11 is 5.82. The van der Waals surface area contributed by atoms with Crippen LogP contribution in [0.2, 0.25) is 5.02 Å². The Morgan fingerprint density at radius 3 is 2.73 bits per heavy atom. The van der Waals surface area contributed by atoms with Crippen molar-refractivity contribution in [2.75, 3.05) is 5.32 Å². The fourth-order valence-corrected chi connectivity index (χ4v) is 1.44. The Balaban J connectivity index is 2.76. The Morgan fingerprint density at radius 1 is 1.53 bits per heavy atom. The number of amides is 1. The lowest BCUT2D eigenvalue weighted by molar-refractivity contribution is -0.121. The van der Waals surface area contributed by atoms with Crippen LogP contribution in [0.4, 0.5) is 5.69 Å². The minimum absolute atomic E-state index is 0.260. The molecule has 0 radical (unpaired) electrons. The average molecular weight is 228 g/mol. The second-order valence-corrected chi connectivity index (χ2v) is 3.77. The van der Waals surface area contributed by atoms with Crippen LogP contribution in [-0.2, 0) is 4.79 Å². The maximum Gasteiger partial charge on any atom is 0.256 e. The SMILES string of the molecule is Cc1cc(Cl)ccc1N[C@@H](C)C(=O)NN. The number of halogens is 1. The highest BCUT2D eigenvalue weighted by molar-refractivity contribution is 6.30. The Hall–Kier alpha value is -1.26. The first-order chi connectivity index (χ1) is 7.04. The van der Waals surface area contributed by atoms with Crippen LogP contribution in [0.25, 0.3) is 0 Å². The van der Waals surface area contributed by atoms with Crippen molar-refractivity contribution in [3.05, 3.63) is 28.8 Å². The van der Waals surface area contributed by atoms with Crippen molar-refractivity contribution in [3.8, 4) is 0 Å². The van der Waals surface area contributed by atoms with Crippen molar-refractivity contribution in [1.82, 2.24) is 5.43 Å². The number of nitrogens with two attached hydrogens (primary N) is 1. The summed E-state index contributed by atoms with van der Waals surface area (Å²) in [5.41, 5.74) is 3.94. The lowest BCUT2D eigenvalue weighted by Gasteiger charge is -2.15. The van der Waals surface area contributed by atoms with Crippen LogP contribution < -0.4 is 16.6 Å². The molecule has 1 rings (SSSR count). The Labute approximate surface area is 93.8 Å². The lowest BCUT2D eigenvalue weighted by atomic mass is 10.2. The summed E-state index contributed by atoms with van der Waals surface area (Å²) in [6.07, 6.45) is 0. The fraction of sp³-hybridized carbons (Fsp3) is 0.300. The summed E-state index contributed by atoms with van der Waals surface area (Å²) in [5.74, 6) is 4.77. The van der Waals surface area contributed by atoms with Crippen LogP contribution in [-0.4, -0.2) is 11.9 Å². The molecule has 0 heterocycles. The Kier molecular flexibility index (Phi) is 3.94. The second kappa shape index (κ2) is 5.00. The fourth-order valence-electron chi connectivity index (χ4n) is 1.21. The number of hydrogen-bond donors (Lipinski definition) is 3. The number of anilines is 1. The van der Waals surface area contributed by atoms with Gasteiger partial charge >= 0.3 is 0 Å². The van der Waals surface area contributed by atoms with Gasteiger partial charge in [-0.25, -0.2) is 5.84 Å². The van der Waals surface area contributed by atoms with E-state index in [2.05, 4.69) is 10.7 Å². The molecule has 1 aromatic rings. The van der Waals surface area contributed by atoms with E-state index in [4.69, 9.17) is 17.4 Å². The second-order valence-electron chi connectivity index (χ2n) is 3.33. The molecule has 0 saturated heterocycles. The van der Waals surface area contributed by atoms with E-state index in [1.807, 2.05) is 19.1 Å². The molecule has 1 aromatic carbocycles. The molecular weight excluding hydrogens is 214 g/mol. The van der Waals surface area contributed by atoms with Crippen LogP contribution in [0.1, 0.15) is 12.5 Å². The van der Waals surface area contributed by atoms with Gasteiger partial charge in [-0.3, -0.25) is 10.2 Å². The first kappa shape index (κ1) is 11.8. The van der Waals surface area contributed by atoms with Crippen LogP contribution in [0, 0.1) is 6.92 Å². The first-order valence-corrected chi connectivity index (χ1v) is 4.95. The summed E-state index contributed by atoms with van der Waals surface area (Å²) < 4.78 is 0. The highest BCUT2D eigenvalue weighted by atomic mass is 35.5. The zero-order valence-corrected chi connectivity index (χ0v) is 9.43. The highest BCUT2D eigenvalue weighted by Crippen LogP contribution is 2.20. The highest BCUT2D eigenvalue weighted by Gasteiger charge is 2.11. The van der Waals surface area contributed by atoms with Crippen molar-refractivity contribution >= 4 is 23.2 Å². The van der Waals surface area contributed by atoms with Crippen LogP contribution >= 0.6 is 11.6 Å². The summed E-state index contributed by atoms with van der Waals surface area (Å²) in [7, 11) is 0. The van der Waals surface area contributed by atoms with E-state index in [0.717, 1.165) is 11.3 Å². The molecule has 1 amide bonds. The lowest BCUT2D eigenvalue weighted by Crippen LogP contribution is -2.41. The van der Waals surface area contributed by atoms with Gasteiger partial charge in [0.05, 0.1) is 0 Å². The molecule has 82 valence electrons. The first-order valence-electron chi connectivity index (χ1n) is 4.57. The molecule has 15 heavy (non-hydrogen) atoms. The van der Waals surface area contributed by atoms with Gasteiger partial charge in [0.15, 0.2) is 0 Å². The molecule has 0 fully saturated rings. The summed E-state index contributed by atoms with van der Waals surface area (Å²) in [5, 5.41) is 3.71. The number of carbonyl (C=O) groups excluding carboxylic acids is 1. The van der Waals surface area contributed by atoms with Gasteiger partial charge in [0.1, 0.15) is 6.04 Å². The van der Waals surface area contributed by atoms with Gasteiger partial charge in [-0.1, -0.05) is 11.6 Å². The summed E-state index contributed by atoms with van der Waals surface area (Å²) in [6, 6.07) is 5.05. The number of carbonyl (C=O) groups is 1. The van der Waals surface area contributed by atoms with E-state index in [9.17, 15) is 4.79 Å².